The van der Waals surface area contributed by atoms with Gasteiger partial charge in [-0.1, -0.05) is 102 Å². The van der Waals surface area contributed by atoms with Crippen LogP contribution >= 0.6 is 23.5 Å². The van der Waals surface area contributed by atoms with Crippen molar-refractivity contribution in [3.63, 3.8) is 0 Å². The molecule has 1 aliphatic heterocycles. The van der Waals surface area contributed by atoms with Crippen LogP contribution in [0.2, 0.25) is 0 Å². The van der Waals surface area contributed by atoms with Gasteiger partial charge in [0.25, 0.3) is 0 Å². The van der Waals surface area contributed by atoms with E-state index in [2.05, 4.69) is 102 Å². The van der Waals surface area contributed by atoms with E-state index in [1.54, 1.807) is 23.5 Å². The van der Waals surface area contributed by atoms with E-state index in [1.165, 1.54) is 66.8 Å². The summed E-state index contributed by atoms with van der Waals surface area (Å²) < 4.78 is 0. The first-order valence-electron chi connectivity index (χ1n) is 13.2. The van der Waals surface area contributed by atoms with E-state index in [9.17, 15) is 0 Å². The van der Waals surface area contributed by atoms with Crippen LogP contribution in [0.3, 0.4) is 0 Å². The molecule has 8 rings (SSSR count). The molecule has 1 aromatic heterocycles. The van der Waals surface area contributed by atoms with Crippen LogP contribution in [0.5, 0.6) is 0 Å². The average molecular weight is 528 g/mol. The van der Waals surface area contributed by atoms with Crippen LogP contribution in [0.1, 0.15) is 24.0 Å². The Morgan fingerprint density at radius 3 is 1.63 bits per heavy atom. The summed E-state index contributed by atoms with van der Waals surface area (Å²) in [6.45, 7) is 0. The molecule has 0 amide bonds. The van der Waals surface area contributed by atoms with Crippen LogP contribution in [0.25, 0.3) is 21.5 Å². The normalized spacial score (nSPS) is 13.2. The first-order chi connectivity index (χ1) is 18.9. The zero-order chi connectivity index (χ0) is 25.6. The molecule has 0 spiro atoms. The van der Waals surface area contributed by atoms with Crippen LogP contribution in [0, 0.1) is 0 Å². The fourth-order valence-corrected chi connectivity index (χ4v) is 7.36. The van der Waals surface area contributed by atoms with Crippen molar-refractivity contribution in [3.8, 4) is 0 Å². The molecule has 0 bridgehead atoms. The Bertz CT molecular complexity index is 1560. The summed E-state index contributed by atoms with van der Waals surface area (Å²) in [5, 5.41) is 5.64. The maximum Gasteiger partial charge on any atom is 0.0267 e. The van der Waals surface area contributed by atoms with Gasteiger partial charge in [0.15, 0.2) is 0 Å². The maximum atomic E-state index is 3.78. The van der Waals surface area contributed by atoms with E-state index < -0.39 is 0 Å². The molecule has 5 aromatic carbocycles. The van der Waals surface area contributed by atoms with Gasteiger partial charge < -0.3 is 0 Å². The number of hydrogen-bond donors (Lipinski definition) is 0. The summed E-state index contributed by atoms with van der Waals surface area (Å²) in [5.74, 6) is 0. The van der Waals surface area contributed by atoms with Gasteiger partial charge in [-0.2, -0.15) is 0 Å². The zero-order valence-corrected chi connectivity index (χ0v) is 22.8. The van der Waals surface area contributed by atoms with Gasteiger partial charge >= 0.3 is 0 Å². The van der Waals surface area contributed by atoms with Crippen LogP contribution in [-0.2, 0) is 12.8 Å². The van der Waals surface area contributed by atoms with Gasteiger partial charge in [-0.15, -0.1) is 0 Å². The van der Waals surface area contributed by atoms with Crippen molar-refractivity contribution in [3.05, 3.63) is 139 Å². The molecule has 186 valence electrons. The van der Waals surface area contributed by atoms with E-state index >= 15 is 0 Å². The molecule has 0 saturated carbocycles. The highest BCUT2D eigenvalue weighted by Crippen LogP contribution is 2.47. The third kappa shape index (κ3) is 5.50. The number of hydrogen-bond acceptors (Lipinski definition) is 3. The average Bonchev–Trinajstić information content (AvgIpc) is 3.01. The van der Waals surface area contributed by atoms with Gasteiger partial charge in [-0.25, -0.2) is 0 Å². The van der Waals surface area contributed by atoms with Crippen LogP contribution in [0.4, 0.5) is 0 Å². The van der Waals surface area contributed by atoms with E-state index in [4.69, 9.17) is 0 Å². The lowest BCUT2D eigenvalue weighted by atomic mass is 9.86. The molecular formula is C35H29NS2. The lowest BCUT2D eigenvalue weighted by molar-refractivity contribution is 0.690. The van der Waals surface area contributed by atoms with Crippen molar-refractivity contribution in [2.45, 2.75) is 45.3 Å². The fourth-order valence-electron chi connectivity index (χ4n) is 5.13. The molecule has 0 N–H and O–H groups in total. The van der Waals surface area contributed by atoms with E-state index in [0.29, 0.717) is 0 Å². The van der Waals surface area contributed by atoms with Crippen molar-refractivity contribution in [2.24, 2.45) is 0 Å². The number of rotatable bonds is 0. The van der Waals surface area contributed by atoms with Gasteiger partial charge in [0.2, 0.25) is 0 Å². The molecular weight excluding hydrogens is 499 g/mol. The SMILES string of the molecule is c1ccc2c(c1)Sc1ccccc1S2.c1ccc2c(c1)ccc1c3c(ccc12)CCCC3.c1ccncc1. The molecule has 1 nitrogen and oxygen atoms in total. The number of nitrogens with zero attached hydrogens (tertiary/aromatic N) is 1. The first-order valence-corrected chi connectivity index (χ1v) is 14.8. The Morgan fingerprint density at radius 2 is 1.03 bits per heavy atom. The molecule has 2 heterocycles. The van der Waals surface area contributed by atoms with Gasteiger partial charge in [-0.05, 0) is 94.8 Å². The summed E-state index contributed by atoms with van der Waals surface area (Å²) in [5.41, 5.74) is 3.17. The molecule has 38 heavy (non-hydrogen) atoms. The molecule has 1 aliphatic carbocycles. The third-order valence-electron chi connectivity index (χ3n) is 6.96. The number of pyridine rings is 1. The topological polar surface area (TPSA) is 12.9 Å². The summed E-state index contributed by atoms with van der Waals surface area (Å²) in [6.07, 6.45) is 8.72. The van der Waals surface area contributed by atoms with Gasteiger partial charge in [0.1, 0.15) is 0 Å². The standard InChI is InChI=1S/C18H16.C12H8S2.C5H5N/c1-3-7-15-13(5-1)9-11-18-16-8-4-2-6-14(16)10-12-17(15)18;1-2-6-10-9(5-1)13-11-7-3-4-8-12(11)14-10;1-2-4-6-5-3-1/h1,3,5,7,9-12H,2,4,6,8H2;1-8H;1-5H. The van der Waals surface area contributed by atoms with E-state index in [-0.39, 0.29) is 0 Å². The van der Waals surface area contributed by atoms with Gasteiger partial charge in [0, 0.05) is 32.0 Å². The van der Waals surface area contributed by atoms with Crippen molar-refractivity contribution in [1.82, 2.24) is 4.98 Å². The third-order valence-corrected chi connectivity index (χ3v) is 9.52. The Labute approximate surface area is 233 Å². The Hall–Kier alpha value is -3.53. The molecule has 0 radical (unpaired) electrons. The fraction of sp³-hybridized carbons (Fsp3) is 0.114. The minimum Gasteiger partial charge on any atom is -0.265 e. The first kappa shape index (κ1) is 24.8. The predicted octanol–water partition coefficient (Wildman–Crippen LogP) is 10.3. The molecule has 3 heteroatoms. The van der Waals surface area contributed by atoms with Crippen LogP contribution in [0.15, 0.2) is 147 Å². The number of aromatic nitrogens is 1. The van der Waals surface area contributed by atoms with Crippen molar-refractivity contribution in [1.29, 1.82) is 0 Å². The van der Waals surface area contributed by atoms with Crippen molar-refractivity contribution < 1.29 is 0 Å². The zero-order valence-electron chi connectivity index (χ0n) is 21.2. The predicted molar refractivity (Wildman–Crippen MR) is 163 cm³/mol. The molecule has 0 unspecified atom stereocenters. The highest BCUT2D eigenvalue weighted by atomic mass is 32.2. The lowest BCUT2D eigenvalue weighted by Gasteiger charge is -2.18. The highest BCUT2D eigenvalue weighted by molar-refractivity contribution is 8.05. The summed E-state index contributed by atoms with van der Waals surface area (Å²) in [4.78, 5) is 9.27. The van der Waals surface area contributed by atoms with Gasteiger partial charge in [0.05, 0.1) is 0 Å². The Balaban J connectivity index is 0.000000117. The monoisotopic (exact) mass is 527 g/mol. The second-order valence-corrected chi connectivity index (χ2v) is 11.6. The molecule has 0 saturated heterocycles. The summed E-state index contributed by atoms with van der Waals surface area (Å²) >= 11 is 3.72. The number of fused-ring (bicyclic) bond motifs is 7. The lowest BCUT2D eigenvalue weighted by Crippen LogP contribution is -2.02. The molecule has 0 fully saturated rings. The second-order valence-electron chi connectivity index (χ2n) is 9.41. The summed E-state index contributed by atoms with van der Waals surface area (Å²) in [6, 6.07) is 40.8. The second kappa shape index (κ2) is 11.9. The number of benzene rings is 5. The van der Waals surface area contributed by atoms with Crippen molar-refractivity contribution in [2.75, 3.05) is 0 Å². The summed E-state index contributed by atoms with van der Waals surface area (Å²) in [7, 11) is 0. The van der Waals surface area contributed by atoms with Crippen LogP contribution < -0.4 is 0 Å². The molecule has 0 atom stereocenters. The van der Waals surface area contributed by atoms with Gasteiger partial charge in [-0.3, -0.25) is 4.98 Å². The highest BCUT2D eigenvalue weighted by Gasteiger charge is 2.15. The Kier molecular flexibility index (Phi) is 7.76. The molecule has 2 aliphatic rings. The maximum absolute atomic E-state index is 3.78. The Morgan fingerprint density at radius 1 is 0.447 bits per heavy atom. The van der Waals surface area contributed by atoms with E-state index in [1.807, 2.05) is 41.7 Å². The van der Waals surface area contributed by atoms with E-state index in [0.717, 1.165) is 0 Å². The van der Waals surface area contributed by atoms with Crippen molar-refractivity contribution >= 4 is 45.1 Å². The van der Waals surface area contributed by atoms with Crippen LogP contribution in [-0.4, -0.2) is 4.98 Å². The quantitative estimate of drug-likeness (QED) is 0.182. The largest absolute Gasteiger partial charge is 0.265 e. The minimum atomic E-state index is 1.25. The minimum absolute atomic E-state index is 1.25. The molecule has 6 aromatic rings. The smallest absolute Gasteiger partial charge is 0.0267 e. The number of aryl methyl sites for hydroxylation is 2.